The first-order chi connectivity index (χ1) is 14.2. The van der Waals surface area contributed by atoms with Crippen molar-refractivity contribution in [1.82, 2.24) is 24.9 Å². The number of nitrogens with zero attached hydrogens (tertiary/aromatic N) is 4. The Hall–Kier alpha value is -3.67. The van der Waals surface area contributed by atoms with Gasteiger partial charge in [-0.15, -0.1) is 0 Å². The third-order valence-corrected chi connectivity index (χ3v) is 4.87. The molecule has 1 N–H and O–H groups in total. The van der Waals surface area contributed by atoms with Crippen LogP contribution >= 0.6 is 0 Å². The molecule has 0 fully saturated rings. The third-order valence-electron chi connectivity index (χ3n) is 4.87. The lowest BCUT2D eigenvalue weighted by atomic mass is 10.1. The molecule has 0 atom stereocenters. The summed E-state index contributed by atoms with van der Waals surface area (Å²) in [5.74, 6) is 0.0200. The molecule has 4 rings (SSSR count). The van der Waals surface area contributed by atoms with Crippen LogP contribution in [0.25, 0.3) is 16.9 Å². The van der Waals surface area contributed by atoms with Gasteiger partial charge >= 0.3 is 0 Å². The Morgan fingerprint density at radius 1 is 1.07 bits per heavy atom. The minimum atomic E-state index is 0.0200. The molecule has 0 saturated heterocycles. The number of hydrogen-bond acceptors (Lipinski definition) is 3. The molecule has 146 valence electrons. The van der Waals surface area contributed by atoms with Crippen LogP contribution in [0.2, 0.25) is 0 Å². The van der Waals surface area contributed by atoms with Crippen LogP contribution in [0.5, 0.6) is 0 Å². The highest BCUT2D eigenvalue weighted by atomic mass is 16.2. The molecule has 2 heterocycles. The fraction of sp³-hybridized carbons (Fsp3) is 0.174. The molecular formula is C23H23N5O. The summed E-state index contributed by atoms with van der Waals surface area (Å²) in [6, 6.07) is 21.5. The van der Waals surface area contributed by atoms with Gasteiger partial charge in [0.25, 0.3) is 5.91 Å². The minimum absolute atomic E-state index is 0.0200. The maximum Gasteiger partial charge on any atom is 0.253 e. The van der Waals surface area contributed by atoms with Crippen LogP contribution in [0.15, 0.2) is 79.1 Å². The average molecular weight is 385 g/mol. The van der Waals surface area contributed by atoms with Crippen LogP contribution < -0.4 is 0 Å². The Balaban J connectivity index is 1.30. The van der Waals surface area contributed by atoms with E-state index in [1.165, 1.54) is 0 Å². The van der Waals surface area contributed by atoms with Crippen molar-refractivity contribution in [3.63, 3.8) is 0 Å². The van der Waals surface area contributed by atoms with Gasteiger partial charge in [0, 0.05) is 42.8 Å². The summed E-state index contributed by atoms with van der Waals surface area (Å²) in [6.07, 6.45) is 5.32. The molecule has 0 spiro atoms. The highest BCUT2D eigenvalue weighted by Gasteiger charge is 2.12. The lowest BCUT2D eigenvalue weighted by Gasteiger charge is -2.17. The van der Waals surface area contributed by atoms with Crippen LogP contribution in [0.1, 0.15) is 22.5 Å². The van der Waals surface area contributed by atoms with E-state index in [0.29, 0.717) is 12.1 Å². The Labute approximate surface area is 169 Å². The van der Waals surface area contributed by atoms with Crippen LogP contribution in [0, 0.1) is 0 Å². The fourth-order valence-corrected chi connectivity index (χ4v) is 3.25. The number of H-pyrrole nitrogens is 1. The van der Waals surface area contributed by atoms with Crippen molar-refractivity contribution in [2.24, 2.45) is 0 Å². The number of hydrogen-bond donors (Lipinski definition) is 1. The van der Waals surface area contributed by atoms with E-state index in [1.54, 1.807) is 15.8 Å². The molecule has 2 aromatic heterocycles. The lowest BCUT2D eigenvalue weighted by Crippen LogP contribution is -2.28. The van der Waals surface area contributed by atoms with Gasteiger partial charge in [0.15, 0.2) is 0 Å². The summed E-state index contributed by atoms with van der Waals surface area (Å²) in [6.45, 7) is 0.680. The molecule has 4 aromatic rings. The van der Waals surface area contributed by atoms with Crippen molar-refractivity contribution in [2.45, 2.75) is 12.8 Å². The zero-order valence-corrected chi connectivity index (χ0v) is 16.3. The molecule has 0 saturated carbocycles. The monoisotopic (exact) mass is 385 g/mol. The van der Waals surface area contributed by atoms with E-state index in [1.807, 2.05) is 73.9 Å². The van der Waals surface area contributed by atoms with Crippen LogP contribution in [-0.2, 0) is 6.42 Å². The average Bonchev–Trinajstić information content (AvgIpc) is 3.46. The number of benzene rings is 2. The van der Waals surface area contributed by atoms with E-state index >= 15 is 0 Å². The van der Waals surface area contributed by atoms with Crippen molar-refractivity contribution in [1.29, 1.82) is 0 Å². The Morgan fingerprint density at radius 3 is 2.59 bits per heavy atom. The van der Waals surface area contributed by atoms with Crippen molar-refractivity contribution in [2.75, 3.05) is 13.6 Å². The molecule has 0 bridgehead atoms. The van der Waals surface area contributed by atoms with Gasteiger partial charge in [-0.05, 0) is 49.2 Å². The summed E-state index contributed by atoms with van der Waals surface area (Å²) in [5, 5.41) is 11.7. The molecule has 6 nitrogen and oxygen atoms in total. The number of carbonyl (C=O) groups excluding carboxylic acids is 1. The summed E-state index contributed by atoms with van der Waals surface area (Å²) in [7, 11) is 1.84. The second-order valence-corrected chi connectivity index (χ2v) is 6.97. The van der Waals surface area contributed by atoms with E-state index in [0.717, 1.165) is 35.5 Å². The van der Waals surface area contributed by atoms with Crippen molar-refractivity contribution in [3.8, 4) is 16.9 Å². The summed E-state index contributed by atoms with van der Waals surface area (Å²) >= 11 is 0. The number of aromatic amines is 1. The maximum atomic E-state index is 12.7. The molecular weight excluding hydrogens is 362 g/mol. The van der Waals surface area contributed by atoms with Crippen LogP contribution in [-0.4, -0.2) is 44.4 Å². The summed E-state index contributed by atoms with van der Waals surface area (Å²) in [4.78, 5) is 14.4. The number of amides is 1. The van der Waals surface area contributed by atoms with Gasteiger partial charge in [-0.25, -0.2) is 4.68 Å². The summed E-state index contributed by atoms with van der Waals surface area (Å²) in [5.41, 5.74) is 4.73. The number of aromatic nitrogens is 4. The maximum absolute atomic E-state index is 12.7. The van der Waals surface area contributed by atoms with Gasteiger partial charge in [0.1, 0.15) is 0 Å². The smallest absolute Gasteiger partial charge is 0.253 e. The van der Waals surface area contributed by atoms with Crippen molar-refractivity contribution < 1.29 is 4.79 Å². The van der Waals surface area contributed by atoms with Crippen molar-refractivity contribution >= 4 is 5.91 Å². The second-order valence-electron chi connectivity index (χ2n) is 6.97. The van der Waals surface area contributed by atoms with E-state index in [9.17, 15) is 4.79 Å². The van der Waals surface area contributed by atoms with Gasteiger partial charge in [0.05, 0.1) is 11.4 Å². The Morgan fingerprint density at radius 2 is 1.86 bits per heavy atom. The van der Waals surface area contributed by atoms with Gasteiger partial charge in [0.2, 0.25) is 0 Å². The molecule has 0 unspecified atom stereocenters. The standard InChI is InChI=1S/C23H23N5O/c1-27(23(29)19-10-12-21(13-11-19)28-16-6-14-24-28)15-5-9-20-17-22(26-25-20)18-7-3-2-4-8-18/h2-4,6-8,10-14,16-17H,5,9,15H2,1H3,(H,25,26). The highest BCUT2D eigenvalue weighted by Crippen LogP contribution is 2.17. The van der Waals surface area contributed by atoms with Gasteiger partial charge in [-0.1, -0.05) is 30.3 Å². The molecule has 29 heavy (non-hydrogen) atoms. The normalized spacial score (nSPS) is 10.8. The Bertz CT molecular complexity index is 1050. The zero-order valence-electron chi connectivity index (χ0n) is 16.3. The third kappa shape index (κ3) is 4.43. The fourth-order valence-electron chi connectivity index (χ4n) is 3.25. The van der Waals surface area contributed by atoms with E-state index in [2.05, 4.69) is 21.4 Å². The van der Waals surface area contributed by atoms with Gasteiger partial charge < -0.3 is 4.90 Å². The SMILES string of the molecule is CN(CCCc1cc(-c2ccccc2)n[nH]1)C(=O)c1ccc(-n2cccn2)cc1. The Kier molecular flexibility index (Phi) is 5.52. The number of carbonyl (C=O) groups is 1. The predicted molar refractivity (Wildman–Crippen MR) is 113 cm³/mol. The van der Waals surface area contributed by atoms with E-state index in [4.69, 9.17) is 0 Å². The van der Waals surface area contributed by atoms with E-state index in [-0.39, 0.29) is 5.91 Å². The summed E-state index contributed by atoms with van der Waals surface area (Å²) < 4.78 is 1.77. The first kappa shape index (κ1) is 18.7. The second kappa shape index (κ2) is 8.56. The molecule has 0 aliphatic carbocycles. The number of aryl methyl sites for hydroxylation is 1. The first-order valence-corrected chi connectivity index (χ1v) is 9.66. The van der Waals surface area contributed by atoms with Crippen molar-refractivity contribution in [3.05, 3.63) is 90.4 Å². The first-order valence-electron chi connectivity index (χ1n) is 9.66. The van der Waals surface area contributed by atoms with Gasteiger partial charge in [-0.2, -0.15) is 10.2 Å². The van der Waals surface area contributed by atoms with E-state index < -0.39 is 0 Å². The minimum Gasteiger partial charge on any atom is -0.342 e. The quantitative estimate of drug-likeness (QED) is 0.523. The zero-order chi connectivity index (χ0) is 20.1. The molecule has 1 amide bonds. The molecule has 0 aliphatic rings. The van der Waals surface area contributed by atoms with Gasteiger partial charge in [-0.3, -0.25) is 9.89 Å². The van der Waals surface area contributed by atoms with Crippen LogP contribution in [0.4, 0.5) is 0 Å². The topological polar surface area (TPSA) is 66.8 Å². The lowest BCUT2D eigenvalue weighted by molar-refractivity contribution is 0.0793. The van der Waals surface area contributed by atoms with Crippen LogP contribution in [0.3, 0.4) is 0 Å². The molecule has 0 aliphatic heterocycles. The largest absolute Gasteiger partial charge is 0.342 e. The highest BCUT2D eigenvalue weighted by molar-refractivity contribution is 5.94. The number of rotatable bonds is 7. The molecule has 6 heteroatoms. The number of nitrogens with one attached hydrogen (secondary N) is 1. The molecule has 2 aromatic carbocycles. The molecule has 0 radical (unpaired) electrons. The predicted octanol–water partition coefficient (Wildman–Crippen LogP) is 3.97.